The van der Waals surface area contributed by atoms with Crippen LogP contribution in [0.25, 0.3) is 5.69 Å². The summed E-state index contributed by atoms with van der Waals surface area (Å²) < 4.78 is 41.1. The predicted octanol–water partition coefficient (Wildman–Crippen LogP) is 6.55. The Labute approximate surface area is 197 Å². The maximum Gasteiger partial charge on any atom is 0.416 e. The predicted molar refractivity (Wildman–Crippen MR) is 122 cm³/mol. The standard InChI is InChI=1S/C24H19F3N4O2S/c1-15-8-10-19(12-16(15)2)30-22(13-17-6-4-3-5-7-17)28-29-23(30)34-21-11-9-18(24(25,26)27)14-20(21)31(32)33/h3-12,14H,13H2,1-2H3. The second-order valence-electron chi connectivity index (χ2n) is 7.70. The van der Waals surface area contributed by atoms with Gasteiger partial charge in [0.2, 0.25) is 5.16 Å². The Bertz CT molecular complexity index is 1350. The Morgan fingerprint density at radius 3 is 2.35 bits per heavy atom. The number of nitro groups is 1. The van der Waals surface area contributed by atoms with Crippen molar-refractivity contribution in [2.75, 3.05) is 0 Å². The van der Waals surface area contributed by atoms with Gasteiger partial charge in [0.1, 0.15) is 5.82 Å². The molecular formula is C24H19F3N4O2S. The van der Waals surface area contributed by atoms with Gasteiger partial charge < -0.3 is 0 Å². The Balaban J connectivity index is 1.81. The molecule has 0 atom stereocenters. The highest BCUT2D eigenvalue weighted by Crippen LogP contribution is 2.39. The molecule has 0 amide bonds. The van der Waals surface area contributed by atoms with Gasteiger partial charge in [0, 0.05) is 18.2 Å². The number of rotatable bonds is 6. The first-order chi connectivity index (χ1) is 16.1. The van der Waals surface area contributed by atoms with Gasteiger partial charge >= 0.3 is 6.18 Å². The summed E-state index contributed by atoms with van der Waals surface area (Å²) in [5.74, 6) is 0.603. The molecule has 0 N–H and O–H groups in total. The quantitative estimate of drug-likeness (QED) is 0.229. The largest absolute Gasteiger partial charge is 0.416 e. The molecule has 0 fully saturated rings. The Morgan fingerprint density at radius 2 is 1.71 bits per heavy atom. The molecule has 4 aromatic rings. The number of hydrogen-bond acceptors (Lipinski definition) is 5. The van der Waals surface area contributed by atoms with Gasteiger partial charge in [0.05, 0.1) is 15.4 Å². The van der Waals surface area contributed by atoms with E-state index in [1.54, 1.807) is 4.57 Å². The van der Waals surface area contributed by atoms with Crippen molar-refractivity contribution in [1.29, 1.82) is 0 Å². The van der Waals surface area contributed by atoms with Crippen molar-refractivity contribution >= 4 is 17.4 Å². The minimum atomic E-state index is -4.68. The van der Waals surface area contributed by atoms with Crippen molar-refractivity contribution in [2.45, 2.75) is 36.5 Å². The second-order valence-corrected chi connectivity index (χ2v) is 8.71. The fraction of sp³-hybridized carbons (Fsp3) is 0.167. The average Bonchev–Trinajstić information content (AvgIpc) is 3.17. The fourth-order valence-electron chi connectivity index (χ4n) is 3.40. The first-order valence-corrected chi connectivity index (χ1v) is 11.0. The van der Waals surface area contributed by atoms with Crippen molar-refractivity contribution in [3.63, 3.8) is 0 Å². The number of nitrogens with zero attached hydrogens (tertiary/aromatic N) is 4. The topological polar surface area (TPSA) is 73.8 Å². The number of benzene rings is 3. The maximum atomic E-state index is 13.1. The van der Waals surface area contributed by atoms with E-state index in [4.69, 9.17) is 0 Å². The van der Waals surface area contributed by atoms with E-state index in [0.717, 1.165) is 46.3 Å². The third kappa shape index (κ3) is 4.96. The van der Waals surface area contributed by atoms with Crippen LogP contribution in [-0.4, -0.2) is 19.7 Å². The number of aryl methyl sites for hydroxylation is 2. The highest BCUT2D eigenvalue weighted by molar-refractivity contribution is 7.99. The van der Waals surface area contributed by atoms with Crippen LogP contribution in [0.2, 0.25) is 0 Å². The van der Waals surface area contributed by atoms with Gasteiger partial charge in [-0.15, -0.1) is 10.2 Å². The molecule has 0 radical (unpaired) electrons. The summed E-state index contributed by atoms with van der Waals surface area (Å²) in [5.41, 5.74) is 2.17. The molecule has 3 aromatic carbocycles. The van der Waals surface area contributed by atoms with Crippen molar-refractivity contribution in [3.05, 3.63) is 105 Å². The number of hydrogen-bond donors (Lipinski definition) is 0. The van der Waals surface area contributed by atoms with Gasteiger partial charge in [-0.3, -0.25) is 14.7 Å². The third-order valence-corrected chi connectivity index (χ3v) is 6.35. The molecule has 34 heavy (non-hydrogen) atoms. The average molecular weight is 485 g/mol. The lowest BCUT2D eigenvalue weighted by atomic mass is 10.1. The highest BCUT2D eigenvalue weighted by Gasteiger charge is 2.33. The summed E-state index contributed by atoms with van der Waals surface area (Å²) in [5, 5.41) is 20.4. The van der Waals surface area contributed by atoms with E-state index in [2.05, 4.69) is 10.2 Å². The van der Waals surface area contributed by atoms with Crippen LogP contribution in [0.15, 0.2) is 76.8 Å². The molecule has 10 heteroatoms. The highest BCUT2D eigenvalue weighted by atomic mass is 32.2. The first-order valence-electron chi connectivity index (χ1n) is 10.2. The van der Waals surface area contributed by atoms with Crippen molar-refractivity contribution in [1.82, 2.24) is 14.8 Å². The number of alkyl halides is 3. The van der Waals surface area contributed by atoms with E-state index in [9.17, 15) is 23.3 Å². The van der Waals surface area contributed by atoms with E-state index in [1.165, 1.54) is 0 Å². The van der Waals surface area contributed by atoms with Gasteiger partial charge in [0.25, 0.3) is 5.69 Å². The zero-order valence-electron chi connectivity index (χ0n) is 18.2. The van der Waals surface area contributed by atoms with Gasteiger partial charge in [-0.1, -0.05) is 36.4 Å². The molecule has 0 saturated carbocycles. The van der Waals surface area contributed by atoms with Crippen molar-refractivity contribution < 1.29 is 18.1 Å². The van der Waals surface area contributed by atoms with Gasteiger partial charge in [0.15, 0.2) is 0 Å². The molecule has 0 spiro atoms. The van der Waals surface area contributed by atoms with Gasteiger partial charge in [-0.05, 0) is 66.6 Å². The Hall–Kier alpha value is -3.66. The van der Waals surface area contributed by atoms with Crippen LogP contribution in [0.4, 0.5) is 18.9 Å². The van der Waals surface area contributed by atoms with Crippen molar-refractivity contribution in [2.24, 2.45) is 0 Å². The van der Waals surface area contributed by atoms with Crippen LogP contribution >= 0.6 is 11.8 Å². The molecule has 0 bridgehead atoms. The number of halogens is 3. The minimum Gasteiger partial charge on any atom is -0.273 e. The number of nitro benzene ring substituents is 1. The van der Waals surface area contributed by atoms with Gasteiger partial charge in [-0.2, -0.15) is 13.2 Å². The Kier molecular flexibility index (Phi) is 6.43. The minimum absolute atomic E-state index is 0.0433. The fourth-order valence-corrected chi connectivity index (χ4v) is 4.36. The third-order valence-electron chi connectivity index (χ3n) is 5.34. The molecule has 4 rings (SSSR count). The lowest BCUT2D eigenvalue weighted by molar-refractivity contribution is -0.388. The smallest absolute Gasteiger partial charge is 0.273 e. The summed E-state index contributed by atoms with van der Waals surface area (Å²) in [4.78, 5) is 10.8. The van der Waals surface area contributed by atoms with Crippen LogP contribution in [0.1, 0.15) is 28.1 Å². The molecule has 0 aliphatic heterocycles. The van der Waals surface area contributed by atoms with Crippen LogP contribution < -0.4 is 0 Å². The van der Waals surface area contributed by atoms with Crippen LogP contribution in [-0.2, 0) is 12.6 Å². The lowest BCUT2D eigenvalue weighted by Crippen LogP contribution is -2.06. The molecule has 0 aliphatic carbocycles. The molecule has 1 aromatic heterocycles. The van der Waals surface area contributed by atoms with E-state index in [1.807, 2.05) is 62.4 Å². The van der Waals surface area contributed by atoms with Crippen LogP contribution in [0, 0.1) is 24.0 Å². The number of aromatic nitrogens is 3. The molecular weight excluding hydrogens is 465 g/mol. The van der Waals surface area contributed by atoms with Crippen LogP contribution in [0.5, 0.6) is 0 Å². The normalized spacial score (nSPS) is 11.6. The Morgan fingerprint density at radius 1 is 0.971 bits per heavy atom. The van der Waals surface area contributed by atoms with Crippen molar-refractivity contribution in [3.8, 4) is 5.69 Å². The van der Waals surface area contributed by atoms with Gasteiger partial charge in [-0.25, -0.2) is 0 Å². The zero-order chi connectivity index (χ0) is 24.5. The molecule has 0 unspecified atom stereocenters. The summed E-state index contributed by atoms with van der Waals surface area (Å²) >= 11 is 0.905. The lowest BCUT2D eigenvalue weighted by Gasteiger charge is -2.13. The van der Waals surface area contributed by atoms with E-state index in [-0.39, 0.29) is 4.90 Å². The summed E-state index contributed by atoms with van der Waals surface area (Å²) in [7, 11) is 0. The molecule has 0 saturated heterocycles. The molecule has 0 aliphatic rings. The first kappa shape index (κ1) is 23.5. The molecule has 174 valence electrons. The molecule has 6 nitrogen and oxygen atoms in total. The van der Waals surface area contributed by atoms with E-state index < -0.39 is 22.4 Å². The van der Waals surface area contributed by atoms with E-state index in [0.29, 0.717) is 23.5 Å². The summed E-state index contributed by atoms with van der Waals surface area (Å²) in [6.07, 6.45) is -4.23. The summed E-state index contributed by atoms with van der Waals surface area (Å²) in [6.45, 7) is 3.95. The maximum absolute atomic E-state index is 13.1. The second kappa shape index (κ2) is 9.30. The SMILES string of the molecule is Cc1ccc(-n2c(Cc3ccccc3)nnc2Sc2ccc(C(F)(F)F)cc2[N+](=O)[O-])cc1C. The molecule has 1 heterocycles. The zero-order valence-corrected chi connectivity index (χ0v) is 19.0. The monoisotopic (exact) mass is 484 g/mol. The van der Waals surface area contributed by atoms with Crippen LogP contribution in [0.3, 0.4) is 0 Å². The summed E-state index contributed by atoms with van der Waals surface area (Å²) in [6, 6.07) is 17.9. The van der Waals surface area contributed by atoms with E-state index >= 15 is 0 Å².